The summed E-state index contributed by atoms with van der Waals surface area (Å²) in [5.74, 6) is -0.0809. The van der Waals surface area contributed by atoms with E-state index in [4.69, 9.17) is 0 Å². The molecule has 0 saturated heterocycles. The third-order valence-electron chi connectivity index (χ3n) is 8.77. The maximum Gasteiger partial charge on any atom is 0.220 e. The Hall–Kier alpha value is -0.870. The number of amides is 1. The number of rotatable bonds is 34. The first kappa shape index (κ1) is 41.1. The molecule has 0 heterocycles. The SMILES string of the molecule is CCCCCCCCCCCCCCCCCCCCCCCCCC/C=C/C(O)C(CO)NC(=O)CCCCCC. The van der Waals surface area contributed by atoms with E-state index >= 15 is 0 Å². The zero-order chi connectivity index (χ0) is 30.8. The smallest absolute Gasteiger partial charge is 0.220 e. The summed E-state index contributed by atoms with van der Waals surface area (Å²) in [6, 6.07) is -0.612. The summed E-state index contributed by atoms with van der Waals surface area (Å²) in [5, 5.41) is 22.6. The summed E-state index contributed by atoms with van der Waals surface area (Å²) < 4.78 is 0. The van der Waals surface area contributed by atoms with Crippen molar-refractivity contribution >= 4 is 5.91 Å². The minimum atomic E-state index is -0.830. The van der Waals surface area contributed by atoms with E-state index in [9.17, 15) is 15.0 Å². The first-order valence-corrected chi connectivity index (χ1v) is 18.9. The van der Waals surface area contributed by atoms with E-state index in [0.29, 0.717) is 6.42 Å². The van der Waals surface area contributed by atoms with Crippen LogP contribution in [0.15, 0.2) is 12.2 Å². The van der Waals surface area contributed by atoms with Crippen molar-refractivity contribution in [2.45, 2.75) is 219 Å². The van der Waals surface area contributed by atoms with E-state index in [1.165, 1.54) is 148 Å². The Balaban J connectivity index is 3.38. The Labute approximate surface area is 263 Å². The average molecular weight is 594 g/mol. The first-order chi connectivity index (χ1) is 20.7. The third kappa shape index (κ3) is 30.6. The van der Waals surface area contributed by atoms with Crippen LogP contribution < -0.4 is 5.32 Å². The molecule has 3 N–H and O–H groups in total. The van der Waals surface area contributed by atoms with Gasteiger partial charge in [-0.15, -0.1) is 0 Å². The molecule has 4 heteroatoms. The van der Waals surface area contributed by atoms with Gasteiger partial charge in [-0.1, -0.05) is 193 Å². The molecule has 0 saturated carbocycles. The molecule has 0 rings (SSSR count). The number of aliphatic hydroxyl groups excluding tert-OH is 2. The Morgan fingerprint density at radius 2 is 0.881 bits per heavy atom. The third-order valence-corrected chi connectivity index (χ3v) is 8.77. The van der Waals surface area contributed by atoms with Gasteiger partial charge in [0.1, 0.15) is 0 Å². The van der Waals surface area contributed by atoms with Crippen LogP contribution in [-0.4, -0.2) is 34.9 Å². The van der Waals surface area contributed by atoms with Crippen molar-refractivity contribution in [3.8, 4) is 0 Å². The predicted molar refractivity (Wildman–Crippen MR) is 184 cm³/mol. The first-order valence-electron chi connectivity index (χ1n) is 18.9. The van der Waals surface area contributed by atoms with Gasteiger partial charge in [-0.3, -0.25) is 4.79 Å². The molecule has 0 fully saturated rings. The van der Waals surface area contributed by atoms with E-state index in [1.54, 1.807) is 6.08 Å². The van der Waals surface area contributed by atoms with Gasteiger partial charge < -0.3 is 15.5 Å². The molecule has 0 bridgehead atoms. The van der Waals surface area contributed by atoms with Crippen LogP contribution in [0.25, 0.3) is 0 Å². The summed E-state index contributed by atoms with van der Waals surface area (Å²) in [5.41, 5.74) is 0. The fourth-order valence-electron chi connectivity index (χ4n) is 5.82. The van der Waals surface area contributed by atoms with Crippen molar-refractivity contribution in [2.24, 2.45) is 0 Å². The topological polar surface area (TPSA) is 69.6 Å². The number of nitrogens with one attached hydrogen (secondary N) is 1. The minimum Gasteiger partial charge on any atom is -0.394 e. The number of hydrogen-bond acceptors (Lipinski definition) is 3. The molecule has 1 amide bonds. The van der Waals surface area contributed by atoms with Crippen LogP contribution in [0.2, 0.25) is 0 Å². The Morgan fingerprint density at radius 1 is 0.548 bits per heavy atom. The Bertz CT molecular complexity index is 565. The molecule has 0 aromatic carbocycles. The van der Waals surface area contributed by atoms with Crippen LogP contribution in [0.3, 0.4) is 0 Å². The van der Waals surface area contributed by atoms with Crippen LogP contribution in [0.1, 0.15) is 206 Å². The van der Waals surface area contributed by atoms with Gasteiger partial charge in [0, 0.05) is 6.42 Å². The van der Waals surface area contributed by atoms with E-state index in [0.717, 1.165) is 38.5 Å². The summed E-state index contributed by atoms with van der Waals surface area (Å²) >= 11 is 0. The van der Waals surface area contributed by atoms with E-state index < -0.39 is 12.1 Å². The van der Waals surface area contributed by atoms with Crippen molar-refractivity contribution in [1.29, 1.82) is 0 Å². The largest absolute Gasteiger partial charge is 0.394 e. The molecule has 0 aromatic rings. The molecule has 250 valence electrons. The number of unbranched alkanes of at least 4 members (excludes halogenated alkanes) is 27. The molecular weight excluding hydrogens is 518 g/mol. The second-order valence-corrected chi connectivity index (χ2v) is 13.0. The zero-order valence-electron chi connectivity index (χ0n) is 28.5. The Kier molecular flexibility index (Phi) is 33.9. The summed E-state index contributed by atoms with van der Waals surface area (Å²) in [4.78, 5) is 12.0. The number of aliphatic hydroxyl groups is 2. The number of carbonyl (C=O) groups is 1. The van der Waals surface area contributed by atoms with Gasteiger partial charge in [-0.2, -0.15) is 0 Å². The van der Waals surface area contributed by atoms with Gasteiger partial charge in [-0.05, 0) is 19.3 Å². The van der Waals surface area contributed by atoms with E-state index in [-0.39, 0.29) is 12.5 Å². The normalized spacial score (nSPS) is 13.1. The molecule has 0 spiro atoms. The fourth-order valence-corrected chi connectivity index (χ4v) is 5.82. The molecule has 4 nitrogen and oxygen atoms in total. The number of allylic oxidation sites excluding steroid dienone is 1. The van der Waals surface area contributed by atoms with Gasteiger partial charge in [0.2, 0.25) is 5.91 Å². The lowest BCUT2D eigenvalue weighted by Gasteiger charge is -2.19. The van der Waals surface area contributed by atoms with Crippen LogP contribution in [-0.2, 0) is 4.79 Å². The quantitative estimate of drug-likeness (QED) is 0.0513. The monoisotopic (exact) mass is 594 g/mol. The highest BCUT2D eigenvalue weighted by Crippen LogP contribution is 2.16. The molecule has 2 unspecified atom stereocenters. The molecule has 0 radical (unpaired) electrons. The van der Waals surface area contributed by atoms with E-state index in [2.05, 4.69) is 19.2 Å². The van der Waals surface area contributed by atoms with Crippen molar-refractivity contribution in [1.82, 2.24) is 5.32 Å². The van der Waals surface area contributed by atoms with Crippen LogP contribution in [0.4, 0.5) is 0 Å². The average Bonchev–Trinajstić information content (AvgIpc) is 2.99. The molecule has 0 aliphatic carbocycles. The summed E-state index contributed by atoms with van der Waals surface area (Å²) in [7, 11) is 0. The highest BCUT2D eigenvalue weighted by Gasteiger charge is 2.17. The number of carbonyl (C=O) groups excluding carboxylic acids is 1. The molecule has 2 atom stereocenters. The predicted octanol–water partition coefficient (Wildman–Crippen LogP) is 11.1. The maximum absolute atomic E-state index is 12.0. The fraction of sp³-hybridized carbons (Fsp3) is 0.921. The second-order valence-electron chi connectivity index (χ2n) is 13.0. The lowest BCUT2D eigenvalue weighted by molar-refractivity contribution is -0.123. The van der Waals surface area contributed by atoms with Gasteiger partial charge in [0.15, 0.2) is 0 Å². The van der Waals surface area contributed by atoms with Crippen LogP contribution >= 0.6 is 0 Å². The lowest BCUT2D eigenvalue weighted by atomic mass is 10.0. The van der Waals surface area contributed by atoms with E-state index in [1.807, 2.05) is 6.08 Å². The van der Waals surface area contributed by atoms with Crippen molar-refractivity contribution in [2.75, 3.05) is 6.61 Å². The van der Waals surface area contributed by atoms with Crippen molar-refractivity contribution in [3.05, 3.63) is 12.2 Å². The number of hydrogen-bond donors (Lipinski definition) is 3. The van der Waals surface area contributed by atoms with Crippen LogP contribution in [0, 0.1) is 0 Å². The highest BCUT2D eigenvalue weighted by molar-refractivity contribution is 5.76. The van der Waals surface area contributed by atoms with Gasteiger partial charge in [-0.25, -0.2) is 0 Å². The zero-order valence-corrected chi connectivity index (χ0v) is 28.5. The molecule has 0 aliphatic heterocycles. The minimum absolute atomic E-state index is 0.0809. The molecule has 42 heavy (non-hydrogen) atoms. The van der Waals surface area contributed by atoms with Gasteiger partial charge in [0.05, 0.1) is 18.8 Å². The second kappa shape index (κ2) is 34.6. The summed E-state index contributed by atoms with van der Waals surface area (Å²) in [6.07, 6.45) is 42.2. The standard InChI is InChI=1S/C38H75NO3/c1-3-5-7-9-10-11-12-13-14-15-16-17-18-19-20-21-22-23-24-25-26-27-28-29-30-31-33-37(41)36(35-40)39-38(42)34-32-8-6-4-2/h31,33,36-37,40-41H,3-30,32,34-35H2,1-2H3,(H,39,42)/b33-31+. The highest BCUT2D eigenvalue weighted by atomic mass is 16.3. The maximum atomic E-state index is 12.0. The lowest BCUT2D eigenvalue weighted by Crippen LogP contribution is -2.45. The van der Waals surface area contributed by atoms with Gasteiger partial charge >= 0.3 is 0 Å². The van der Waals surface area contributed by atoms with Gasteiger partial charge in [0.25, 0.3) is 0 Å². The molecule has 0 aliphatic rings. The molecular formula is C38H75NO3. The van der Waals surface area contributed by atoms with Crippen LogP contribution in [0.5, 0.6) is 0 Å². The van der Waals surface area contributed by atoms with Crippen molar-refractivity contribution in [3.63, 3.8) is 0 Å². The molecule has 0 aromatic heterocycles. The van der Waals surface area contributed by atoms with Crippen molar-refractivity contribution < 1.29 is 15.0 Å². The summed E-state index contributed by atoms with van der Waals surface area (Å²) in [6.45, 7) is 4.20. The Morgan fingerprint density at radius 3 is 1.24 bits per heavy atom.